The van der Waals surface area contributed by atoms with Crippen molar-refractivity contribution in [2.45, 2.75) is 20.8 Å². The van der Waals surface area contributed by atoms with Crippen LogP contribution in [0.2, 0.25) is 0 Å². The van der Waals surface area contributed by atoms with Gasteiger partial charge in [0.25, 0.3) is 0 Å². The van der Waals surface area contributed by atoms with Crippen LogP contribution in [0.4, 0.5) is 11.5 Å². The summed E-state index contributed by atoms with van der Waals surface area (Å²) < 4.78 is 1.45. The van der Waals surface area contributed by atoms with Crippen molar-refractivity contribution < 1.29 is 4.92 Å². The topological polar surface area (TPSA) is 99.9 Å². The molecule has 7 heteroatoms. The minimum atomic E-state index is -0.490. The Kier molecular flexibility index (Phi) is 3.62. The molecular formula is C10H15N5O2. The zero-order valence-corrected chi connectivity index (χ0v) is 10.3. The lowest BCUT2D eigenvalue weighted by Gasteiger charge is -1.98. The Morgan fingerprint density at radius 2 is 2.06 bits per heavy atom. The number of pyridine rings is 1. The minimum Gasteiger partial charge on any atom is -0.383 e. The van der Waals surface area contributed by atoms with Crippen molar-refractivity contribution >= 4 is 22.4 Å². The molecule has 92 valence electrons. The molecule has 0 aliphatic heterocycles. The summed E-state index contributed by atoms with van der Waals surface area (Å²) in [6.07, 6.45) is 1.15. The quantitative estimate of drug-likeness (QED) is 0.602. The van der Waals surface area contributed by atoms with E-state index in [2.05, 4.69) is 10.1 Å². The molecule has 0 aliphatic rings. The molecule has 7 nitrogen and oxygen atoms in total. The lowest BCUT2D eigenvalue weighted by molar-refractivity contribution is -0.383. The Morgan fingerprint density at radius 3 is 2.59 bits per heavy atom. The highest BCUT2D eigenvalue weighted by atomic mass is 16.6. The van der Waals surface area contributed by atoms with Gasteiger partial charge in [0.2, 0.25) is 0 Å². The first-order chi connectivity index (χ1) is 8.02. The molecule has 17 heavy (non-hydrogen) atoms. The maximum absolute atomic E-state index is 10.8. The first kappa shape index (κ1) is 12.9. The van der Waals surface area contributed by atoms with Gasteiger partial charge in [0.05, 0.1) is 16.0 Å². The molecule has 0 unspecified atom stereocenters. The van der Waals surface area contributed by atoms with Crippen LogP contribution in [-0.4, -0.2) is 19.7 Å². The predicted octanol–water partition coefficient (Wildman–Crippen LogP) is 1.79. The first-order valence-electron chi connectivity index (χ1n) is 5.24. The number of nitrogen functional groups attached to an aromatic ring is 1. The van der Waals surface area contributed by atoms with E-state index >= 15 is 0 Å². The van der Waals surface area contributed by atoms with Gasteiger partial charge in [0.15, 0.2) is 5.52 Å². The van der Waals surface area contributed by atoms with Gasteiger partial charge in [-0.2, -0.15) is 5.10 Å². The zero-order chi connectivity index (χ0) is 13.2. The molecular weight excluding hydrogens is 222 g/mol. The fourth-order valence-corrected chi connectivity index (χ4v) is 1.65. The summed E-state index contributed by atoms with van der Waals surface area (Å²) in [5.74, 6) is 0.265. The zero-order valence-electron chi connectivity index (χ0n) is 10.3. The number of hydrogen-bond donors (Lipinski definition) is 1. The number of nitro groups is 1. The second-order valence-electron chi connectivity index (χ2n) is 3.22. The molecule has 0 amide bonds. The number of nitrogens with zero attached hydrogens (tertiary/aromatic N) is 4. The molecule has 2 aromatic heterocycles. The van der Waals surface area contributed by atoms with Gasteiger partial charge >= 0.3 is 5.69 Å². The number of anilines is 1. The van der Waals surface area contributed by atoms with Crippen molar-refractivity contribution in [3.8, 4) is 0 Å². The average molecular weight is 237 g/mol. The number of nitrogens with two attached hydrogens (primary N) is 1. The van der Waals surface area contributed by atoms with Crippen molar-refractivity contribution in [1.29, 1.82) is 0 Å². The molecule has 2 aromatic rings. The third-order valence-corrected chi connectivity index (χ3v) is 2.24. The highest BCUT2D eigenvalue weighted by molar-refractivity contribution is 5.96. The molecule has 0 spiro atoms. The van der Waals surface area contributed by atoms with Gasteiger partial charge in [-0.15, -0.1) is 0 Å². The molecule has 0 atom stereocenters. The van der Waals surface area contributed by atoms with Crippen molar-refractivity contribution in [3.63, 3.8) is 0 Å². The van der Waals surface area contributed by atoms with Crippen LogP contribution >= 0.6 is 0 Å². The molecule has 2 rings (SSSR count). The summed E-state index contributed by atoms with van der Waals surface area (Å²) in [6, 6.07) is 0. The van der Waals surface area contributed by atoms with Gasteiger partial charge in [-0.25, -0.2) is 4.98 Å². The molecule has 0 aromatic carbocycles. The maximum atomic E-state index is 10.8. The van der Waals surface area contributed by atoms with Crippen LogP contribution < -0.4 is 5.73 Å². The van der Waals surface area contributed by atoms with Crippen molar-refractivity contribution in [2.75, 3.05) is 5.73 Å². The molecule has 0 aliphatic carbocycles. The molecule has 2 N–H and O–H groups in total. The van der Waals surface area contributed by atoms with Crippen LogP contribution in [0.1, 0.15) is 19.5 Å². The van der Waals surface area contributed by atoms with E-state index in [4.69, 9.17) is 5.73 Å². The molecule has 0 saturated heterocycles. The van der Waals surface area contributed by atoms with E-state index in [0.29, 0.717) is 16.6 Å². The summed E-state index contributed by atoms with van der Waals surface area (Å²) in [4.78, 5) is 14.1. The van der Waals surface area contributed by atoms with Gasteiger partial charge in [-0.3, -0.25) is 14.8 Å². The Morgan fingerprint density at radius 1 is 1.47 bits per heavy atom. The van der Waals surface area contributed by atoms with Crippen molar-refractivity contribution in [2.24, 2.45) is 7.05 Å². The van der Waals surface area contributed by atoms with Crippen LogP contribution in [0, 0.1) is 17.0 Å². The second kappa shape index (κ2) is 4.77. The predicted molar refractivity (Wildman–Crippen MR) is 65.7 cm³/mol. The molecule has 0 radical (unpaired) electrons. The third kappa shape index (κ3) is 2.03. The van der Waals surface area contributed by atoms with E-state index in [1.165, 1.54) is 4.68 Å². The number of aromatic nitrogens is 3. The standard InChI is InChI=1S/C8H9N5O2.C2H6/c1-4-6-7(12(2)11-4)5(13(14)15)3-10-8(6)9;1-2/h3H,1-2H3,(H2,9,10);1-2H3. The Hall–Kier alpha value is -2.18. The number of aryl methyl sites for hydroxylation is 2. The smallest absolute Gasteiger partial charge is 0.313 e. The summed E-state index contributed by atoms with van der Waals surface area (Å²) in [5, 5.41) is 15.4. The summed E-state index contributed by atoms with van der Waals surface area (Å²) in [5.41, 5.74) is 6.62. The van der Waals surface area contributed by atoms with E-state index in [-0.39, 0.29) is 11.5 Å². The van der Waals surface area contributed by atoms with Crippen molar-refractivity contribution in [3.05, 3.63) is 22.0 Å². The lowest BCUT2D eigenvalue weighted by Crippen LogP contribution is -1.98. The van der Waals surface area contributed by atoms with E-state index in [9.17, 15) is 10.1 Å². The highest BCUT2D eigenvalue weighted by Gasteiger charge is 2.20. The Balaban J connectivity index is 0.000000686. The second-order valence-corrected chi connectivity index (χ2v) is 3.22. The van der Waals surface area contributed by atoms with E-state index < -0.39 is 4.92 Å². The van der Waals surface area contributed by atoms with Gasteiger partial charge in [0.1, 0.15) is 12.0 Å². The first-order valence-corrected chi connectivity index (χ1v) is 5.24. The molecule has 0 fully saturated rings. The van der Waals surface area contributed by atoms with E-state index in [0.717, 1.165) is 6.20 Å². The van der Waals surface area contributed by atoms with Crippen LogP contribution in [0.25, 0.3) is 10.9 Å². The number of hydrogen-bond acceptors (Lipinski definition) is 5. The third-order valence-electron chi connectivity index (χ3n) is 2.24. The lowest BCUT2D eigenvalue weighted by atomic mass is 10.2. The van der Waals surface area contributed by atoms with Gasteiger partial charge in [-0.1, -0.05) is 13.8 Å². The van der Waals surface area contributed by atoms with Crippen LogP contribution in [0.3, 0.4) is 0 Å². The van der Waals surface area contributed by atoms with E-state index in [1.54, 1.807) is 14.0 Å². The van der Waals surface area contributed by atoms with Crippen LogP contribution in [0.5, 0.6) is 0 Å². The summed E-state index contributed by atoms with van der Waals surface area (Å²) in [6.45, 7) is 5.74. The molecule has 2 heterocycles. The van der Waals surface area contributed by atoms with E-state index in [1.807, 2.05) is 13.8 Å². The fraction of sp³-hybridized carbons (Fsp3) is 0.400. The number of rotatable bonds is 1. The highest BCUT2D eigenvalue weighted by Crippen LogP contribution is 2.29. The average Bonchev–Trinajstić information content (AvgIpc) is 2.58. The van der Waals surface area contributed by atoms with Crippen LogP contribution in [0.15, 0.2) is 6.20 Å². The monoisotopic (exact) mass is 237 g/mol. The minimum absolute atomic E-state index is 0.0812. The van der Waals surface area contributed by atoms with Crippen molar-refractivity contribution in [1.82, 2.24) is 14.8 Å². The normalized spacial score (nSPS) is 9.88. The Labute approximate surface area is 98.4 Å². The number of fused-ring (bicyclic) bond motifs is 1. The van der Waals surface area contributed by atoms with Gasteiger partial charge in [0, 0.05) is 7.05 Å². The summed E-state index contributed by atoms with van der Waals surface area (Å²) >= 11 is 0. The SMILES string of the molecule is CC.Cc1nn(C)c2c([N+](=O)[O-])cnc(N)c12. The Bertz CT molecular complexity index is 561. The molecule has 0 saturated carbocycles. The van der Waals surface area contributed by atoms with Crippen LogP contribution in [-0.2, 0) is 7.05 Å². The van der Waals surface area contributed by atoms with Gasteiger partial charge < -0.3 is 5.73 Å². The summed E-state index contributed by atoms with van der Waals surface area (Å²) in [7, 11) is 1.64. The largest absolute Gasteiger partial charge is 0.383 e. The van der Waals surface area contributed by atoms with Gasteiger partial charge in [-0.05, 0) is 6.92 Å². The molecule has 0 bridgehead atoms. The fourth-order valence-electron chi connectivity index (χ4n) is 1.65. The maximum Gasteiger partial charge on any atom is 0.313 e.